The van der Waals surface area contributed by atoms with Crippen molar-refractivity contribution in [1.82, 2.24) is 0 Å². The predicted octanol–water partition coefficient (Wildman–Crippen LogP) is 3.75. The van der Waals surface area contributed by atoms with Crippen LogP contribution in [0.5, 0.6) is 0 Å². The van der Waals surface area contributed by atoms with Gasteiger partial charge in [0, 0.05) is 6.21 Å². The molecule has 0 heterocycles. The average molecular weight is 271 g/mol. The SMILES string of the molecule is Cc1cc(C)c([S@@](=O)/N=C/c2ccccc2)c(C)c1. The lowest BCUT2D eigenvalue weighted by Crippen LogP contribution is -1.97. The molecule has 0 aliphatic heterocycles. The predicted molar refractivity (Wildman–Crippen MR) is 81.1 cm³/mol. The summed E-state index contributed by atoms with van der Waals surface area (Å²) in [6, 6.07) is 13.8. The molecule has 0 bridgehead atoms. The highest BCUT2D eigenvalue weighted by Gasteiger charge is 2.09. The van der Waals surface area contributed by atoms with Gasteiger partial charge in [-0.25, -0.2) is 4.21 Å². The third-order valence-corrected chi connectivity index (χ3v) is 4.17. The van der Waals surface area contributed by atoms with E-state index in [4.69, 9.17) is 0 Å². The minimum atomic E-state index is -1.35. The highest BCUT2D eigenvalue weighted by molar-refractivity contribution is 7.84. The molecule has 19 heavy (non-hydrogen) atoms. The van der Waals surface area contributed by atoms with Gasteiger partial charge in [-0.2, -0.15) is 4.40 Å². The molecule has 0 saturated carbocycles. The van der Waals surface area contributed by atoms with Gasteiger partial charge >= 0.3 is 0 Å². The topological polar surface area (TPSA) is 29.4 Å². The Balaban J connectivity index is 2.29. The Bertz CT molecular complexity index is 609. The minimum absolute atomic E-state index is 0.817. The van der Waals surface area contributed by atoms with Gasteiger partial charge in [-0.1, -0.05) is 48.0 Å². The number of nitrogens with zero attached hydrogens (tertiary/aromatic N) is 1. The second-order valence-corrected chi connectivity index (χ2v) is 5.74. The van der Waals surface area contributed by atoms with Crippen molar-refractivity contribution < 1.29 is 4.21 Å². The molecule has 2 aromatic rings. The van der Waals surface area contributed by atoms with Gasteiger partial charge in [-0.3, -0.25) is 0 Å². The maximum absolute atomic E-state index is 12.3. The van der Waals surface area contributed by atoms with Crippen LogP contribution in [0.25, 0.3) is 0 Å². The molecule has 2 rings (SSSR count). The summed E-state index contributed by atoms with van der Waals surface area (Å²) in [7, 11) is -1.35. The lowest BCUT2D eigenvalue weighted by atomic mass is 10.1. The van der Waals surface area contributed by atoms with Gasteiger partial charge in [0.2, 0.25) is 0 Å². The summed E-state index contributed by atoms with van der Waals surface area (Å²) in [4.78, 5) is 0.817. The normalized spacial score (nSPS) is 12.8. The van der Waals surface area contributed by atoms with E-state index in [0.717, 1.165) is 21.6 Å². The van der Waals surface area contributed by atoms with Crippen molar-refractivity contribution in [2.75, 3.05) is 0 Å². The zero-order valence-electron chi connectivity index (χ0n) is 11.4. The zero-order valence-corrected chi connectivity index (χ0v) is 12.2. The summed E-state index contributed by atoms with van der Waals surface area (Å²) in [5, 5.41) is 0. The smallest absolute Gasteiger partial charge is 0.173 e. The summed E-state index contributed by atoms with van der Waals surface area (Å²) in [6.45, 7) is 6.00. The fourth-order valence-electron chi connectivity index (χ4n) is 2.14. The van der Waals surface area contributed by atoms with Crippen LogP contribution >= 0.6 is 0 Å². The number of rotatable bonds is 3. The van der Waals surface area contributed by atoms with E-state index in [2.05, 4.69) is 4.40 Å². The Labute approximate surface area is 116 Å². The van der Waals surface area contributed by atoms with Gasteiger partial charge in [0.05, 0.1) is 4.90 Å². The summed E-state index contributed by atoms with van der Waals surface area (Å²) < 4.78 is 16.4. The van der Waals surface area contributed by atoms with Crippen molar-refractivity contribution in [1.29, 1.82) is 0 Å². The molecule has 0 spiro atoms. The molecule has 98 valence electrons. The van der Waals surface area contributed by atoms with Crippen LogP contribution in [-0.2, 0) is 11.0 Å². The number of hydrogen-bond donors (Lipinski definition) is 0. The lowest BCUT2D eigenvalue weighted by Gasteiger charge is -2.07. The number of aryl methyl sites for hydroxylation is 3. The molecular weight excluding hydrogens is 254 g/mol. The van der Waals surface area contributed by atoms with Crippen LogP contribution < -0.4 is 0 Å². The highest BCUT2D eigenvalue weighted by atomic mass is 32.2. The van der Waals surface area contributed by atoms with Crippen molar-refractivity contribution in [2.45, 2.75) is 25.7 Å². The fraction of sp³-hybridized carbons (Fsp3) is 0.188. The molecule has 1 atom stereocenters. The summed E-state index contributed by atoms with van der Waals surface area (Å²) in [5.41, 5.74) is 4.20. The van der Waals surface area contributed by atoms with Crippen LogP contribution in [0.4, 0.5) is 0 Å². The van der Waals surface area contributed by atoms with Crippen molar-refractivity contribution >= 4 is 17.2 Å². The van der Waals surface area contributed by atoms with Gasteiger partial charge in [0.15, 0.2) is 11.0 Å². The molecule has 0 aliphatic rings. The van der Waals surface area contributed by atoms with Gasteiger partial charge in [-0.05, 0) is 37.5 Å². The summed E-state index contributed by atoms with van der Waals surface area (Å²) in [5.74, 6) is 0. The van der Waals surface area contributed by atoms with E-state index in [0.29, 0.717) is 0 Å². The second-order valence-electron chi connectivity index (χ2n) is 4.62. The van der Waals surface area contributed by atoms with Crippen LogP contribution in [0.15, 0.2) is 51.8 Å². The van der Waals surface area contributed by atoms with Crippen molar-refractivity contribution in [2.24, 2.45) is 4.40 Å². The quantitative estimate of drug-likeness (QED) is 0.782. The average Bonchev–Trinajstić information content (AvgIpc) is 2.36. The molecule has 0 N–H and O–H groups in total. The Morgan fingerprint density at radius 1 is 1.00 bits per heavy atom. The first-order valence-corrected chi connectivity index (χ1v) is 7.27. The Kier molecular flexibility index (Phi) is 4.27. The van der Waals surface area contributed by atoms with Crippen LogP contribution in [0.3, 0.4) is 0 Å². The molecule has 2 aromatic carbocycles. The van der Waals surface area contributed by atoms with Crippen molar-refractivity contribution in [3.05, 3.63) is 64.7 Å². The zero-order chi connectivity index (χ0) is 13.8. The Morgan fingerprint density at radius 3 is 2.16 bits per heavy atom. The van der Waals surface area contributed by atoms with E-state index in [1.165, 1.54) is 5.56 Å². The minimum Gasteiger partial charge on any atom is -0.229 e. The van der Waals surface area contributed by atoms with E-state index in [9.17, 15) is 4.21 Å². The molecule has 0 unspecified atom stereocenters. The number of benzene rings is 2. The first-order chi connectivity index (χ1) is 9.08. The molecular formula is C16H17NOS. The molecule has 0 aliphatic carbocycles. The van der Waals surface area contributed by atoms with E-state index in [-0.39, 0.29) is 0 Å². The highest BCUT2D eigenvalue weighted by Crippen LogP contribution is 2.20. The van der Waals surface area contributed by atoms with Gasteiger partial charge in [-0.15, -0.1) is 0 Å². The number of hydrogen-bond acceptors (Lipinski definition) is 1. The van der Waals surface area contributed by atoms with E-state index >= 15 is 0 Å². The maximum Gasteiger partial charge on any atom is 0.173 e. The lowest BCUT2D eigenvalue weighted by molar-refractivity contribution is 0.683. The summed E-state index contributed by atoms with van der Waals surface area (Å²) >= 11 is 0. The van der Waals surface area contributed by atoms with Gasteiger partial charge in [0.25, 0.3) is 0 Å². The van der Waals surface area contributed by atoms with E-state index < -0.39 is 11.0 Å². The molecule has 0 aromatic heterocycles. The van der Waals surface area contributed by atoms with E-state index in [1.807, 2.05) is 63.2 Å². The van der Waals surface area contributed by atoms with Crippen LogP contribution in [-0.4, -0.2) is 10.4 Å². The Hall–Kier alpha value is -1.74. The van der Waals surface area contributed by atoms with Crippen LogP contribution in [0.1, 0.15) is 22.3 Å². The largest absolute Gasteiger partial charge is 0.229 e. The second kappa shape index (κ2) is 5.93. The fourth-order valence-corrected chi connectivity index (χ4v) is 3.13. The standard InChI is InChI=1S/C16H17NOS/c1-12-9-13(2)16(14(3)10-12)19(18)17-11-15-7-5-4-6-8-15/h4-11H,1-3H3/b17-11+/t19-/m1/s1. The summed E-state index contributed by atoms with van der Waals surface area (Å²) in [6.07, 6.45) is 1.66. The van der Waals surface area contributed by atoms with E-state index in [1.54, 1.807) is 6.21 Å². The first-order valence-electron chi connectivity index (χ1n) is 6.17. The molecule has 0 amide bonds. The maximum atomic E-state index is 12.3. The molecule has 0 radical (unpaired) electrons. The van der Waals surface area contributed by atoms with Crippen LogP contribution in [0.2, 0.25) is 0 Å². The third kappa shape index (κ3) is 3.38. The molecule has 0 fully saturated rings. The first kappa shape index (κ1) is 13.7. The van der Waals surface area contributed by atoms with Gasteiger partial charge in [0.1, 0.15) is 0 Å². The molecule has 2 nitrogen and oxygen atoms in total. The third-order valence-electron chi connectivity index (χ3n) is 2.88. The van der Waals surface area contributed by atoms with Crippen LogP contribution in [0, 0.1) is 20.8 Å². The Morgan fingerprint density at radius 2 is 1.58 bits per heavy atom. The van der Waals surface area contributed by atoms with Gasteiger partial charge < -0.3 is 0 Å². The monoisotopic (exact) mass is 271 g/mol. The van der Waals surface area contributed by atoms with Crippen molar-refractivity contribution in [3.63, 3.8) is 0 Å². The molecule has 3 heteroatoms. The molecule has 0 saturated heterocycles. The van der Waals surface area contributed by atoms with Crippen molar-refractivity contribution in [3.8, 4) is 0 Å².